The van der Waals surface area contributed by atoms with E-state index in [2.05, 4.69) is 27.1 Å². The van der Waals surface area contributed by atoms with E-state index in [0.717, 1.165) is 4.57 Å². The van der Waals surface area contributed by atoms with Gasteiger partial charge in [0.1, 0.15) is 11.3 Å². The highest BCUT2D eigenvalue weighted by Crippen LogP contribution is 2.13. The largest absolute Gasteiger partial charge is 0.332 e. The highest BCUT2D eigenvalue weighted by molar-refractivity contribution is 6.05. The zero-order valence-electron chi connectivity index (χ0n) is 16.8. The highest BCUT2D eigenvalue weighted by Gasteiger charge is 2.14. The second-order valence-corrected chi connectivity index (χ2v) is 6.80. The summed E-state index contributed by atoms with van der Waals surface area (Å²) in [6.07, 6.45) is 3.00. The summed E-state index contributed by atoms with van der Waals surface area (Å²) in [7, 11) is 2.91. The Morgan fingerprint density at radius 3 is 2.58 bits per heavy atom. The lowest BCUT2D eigenvalue weighted by atomic mass is 10.1. The van der Waals surface area contributed by atoms with Crippen LogP contribution in [0.3, 0.4) is 0 Å². The van der Waals surface area contributed by atoms with Gasteiger partial charge in [0.2, 0.25) is 0 Å². The normalized spacial score (nSPS) is 10.4. The van der Waals surface area contributed by atoms with Gasteiger partial charge in [0.15, 0.2) is 0 Å². The second kappa shape index (κ2) is 8.08. The molecule has 0 spiro atoms. The van der Waals surface area contributed by atoms with Crippen LogP contribution in [0.1, 0.15) is 21.6 Å². The third-order valence-corrected chi connectivity index (χ3v) is 4.68. The first-order chi connectivity index (χ1) is 14.9. The van der Waals surface area contributed by atoms with E-state index in [4.69, 9.17) is 0 Å². The van der Waals surface area contributed by atoms with Gasteiger partial charge in [-0.05, 0) is 42.3 Å². The third-order valence-electron chi connectivity index (χ3n) is 4.68. The molecule has 1 amide bonds. The van der Waals surface area contributed by atoms with E-state index in [1.807, 2.05) is 24.3 Å². The number of aromatic nitrogens is 4. The lowest BCUT2D eigenvalue weighted by Crippen LogP contribution is -2.37. The number of amides is 1. The Morgan fingerprint density at radius 1 is 0.968 bits per heavy atom. The molecule has 4 rings (SSSR count). The molecule has 3 aromatic heterocycles. The Morgan fingerprint density at radius 2 is 1.81 bits per heavy atom. The molecule has 31 heavy (non-hydrogen) atoms. The van der Waals surface area contributed by atoms with Crippen molar-refractivity contribution in [2.45, 2.75) is 0 Å². The fourth-order valence-corrected chi connectivity index (χ4v) is 3.04. The summed E-state index contributed by atoms with van der Waals surface area (Å²) in [6.45, 7) is 0. The van der Waals surface area contributed by atoms with Crippen molar-refractivity contribution in [1.29, 1.82) is 0 Å². The summed E-state index contributed by atoms with van der Waals surface area (Å²) in [4.78, 5) is 45.5. The molecule has 3 heterocycles. The van der Waals surface area contributed by atoms with E-state index in [-0.39, 0.29) is 16.6 Å². The first-order valence-electron chi connectivity index (χ1n) is 9.34. The molecule has 0 aliphatic carbocycles. The Kier molecular flexibility index (Phi) is 5.16. The number of carbonyl (C=O) groups excluding carboxylic acids is 1. The second-order valence-electron chi connectivity index (χ2n) is 6.80. The predicted molar refractivity (Wildman–Crippen MR) is 117 cm³/mol. The number of pyridine rings is 2. The zero-order chi connectivity index (χ0) is 22.0. The van der Waals surface area contributed by atoms with E-state index >= 15 is 0 Å². The smallest absolute Gasteiger partial charge is 0.322 e. The summed E-state index contributed by atoms with van der Waals surface area (Å²) in [6, 6.07) is 14.0. The molecule has 8 heteroatoms. The first kappa shape index (κ1) is 19.8. The molecule has 1 aromatic carbocycles. The van der Waals surface area contributed by atoms with Crippen LogP contribution >= 0.6 is 0 Å². The maximum absolute atomic E-state index is 12.7. The lowest BCUT2D eigenvalue weighted by molar-refractivity contribution is 0.102. The standard InChI is InChI=1S/C23H17N5O3/c1-27-20-19(22(30)28(2)23(27)31)13-16(14-25-20)21(29)26-18-8-5-6-15(12-18)9-10-17-7-3-4-11-24-17/h3-8,11-14H,1-2H3,(H,26,29). The maximum atomic E-state index is 12.7. The topological polar surface area (TPSA) is 98.9 Å². The third kappa shape index (κ3) is 3.97. The molecule has 0 saturated carbocycles. The van der Waals surface area contributed by atoms with E-state index in [1.165, 1.54) is 30.9 Å². The predicted octanol–water partition coefficient (Wildman–Crippen LogP) is 1.68. The van der Waals surface area contributed by atoms with Crippen LogP contribution in [0.2, 0.25) is 0 Å². The summed E-state index contributed by atoms with van der Waals surface area (Å²) in [5.41, 5.74) is 1.34. The van der Waals surface area contributed by atoms with Crippen molar-refractivity contribution in [2.75, 3.05) is 5.32 Å². The Hall–Kier alpha value is -4.51. The molecule has 0 fully saturated rings. The van der Waals surface area contributed by atoms with Crippen LogP contribution in [0.5, 0.6) is 0 Å². The number of benzene rings is 1. The van der Waals surface area contributed by atoms with Crippen molar-refractivity contribution >= 4 is 22.6 Å². The SMILES string of the molecule is Cn1c(=O)c2cc(C(=O)Nc3cccc(C#Cc4ccccn4)c3)cnc2n(C)c1=O. The number of hydrogen-bond acceptors (Lipinski definition) is 5. The van der Waals surface area contributed by atoms with Crippen LogP contribution in [-0.4, -0.2) is 25.0 Å². The fraction of sp³-hybridized carbons (Fsp3) is 0.0870. The average Bonchev–Trinajstić information content (AvgIpc) is 2.80. The van der Waals surface area contributed by atoms with Crippen LogP contribution in [-0.2, 0) is 14.1 Å². The molecule has 1 N–H and O–H groups in total. The summed E-state index contributed by atoms with van der Waals surface area (Å²) >= 11 is 0. The molecule has 0 aliphatic rings. The van der Waals surface area contributed by atoms with Crippen molar-refractivity contribution in [1.82, 2.24) is 19.1 Å². The van der Waals surface area contributed by atoms with Gasteiger partial charge in [-0.3, -0.25) is 18.7 Å². The number of carbonyl (C=O) groups is 1. The molecule has 0 atom stereocenters. The highest BCUT2D eigenvalue weighted by atomic mass is 16.2. The average molecular weight is 411 g/mol. The summed E-state index contributed by atoms with van der Waals surface area (Å²) < 4.78 is 2.25. The molecule has 0 saturated heterocycles. The van der Waals surface area contributed by atoms with Gasteiger partial charge in [-0.15, -0.1) is 0 Å². The fourth-order valence-electron chi connectivity index (χ4n) is 3.04. The monoisotopic (exact) mass is 411 g/mol. The molecular weight excluding hydrogens is 394 g/mol. The zero-order valence-corrected chi connectivity index (χ0v) is 16.8. The first-order valence-corrected chi connectivity index (χ1v) is 9.34. The van der Waals surface area contributed by atoms with Gasteiger partial charge in [0.25, 0.3) is 11.5 Å². The number of rotatable bonds is 2. The number of hydrogen-bond donors (Lipinski definition) is 1. The van der Waals surface area contributed by atoms with Crippen LogP contribution in [0, 0.1) is 11.8 Å². The molecule has 0 bridgehead atoms. The van der Waals surface area contributed by atoms with Crippen molar-refractivity contribution < 1.29 is 4.79 Å². The van der Waals surface area contributed by atoms with Crippen LogP contribution in [0.25, 0.3) is 11.0 Å². The Balaban J connectivity index is 1.62. The minimum absolute atomic E-state index is 0.187. The van der Waals surface area contributed by atoms with Gasteiger partial charge >= 0.3 is 5.69 Å². The molecule has 152 valence electrons. The van der Waals surface area contributed by atoms with Crippen molar-refractivity contribution in [3.8, 4) is 11.8 Å². The molecule has 0 aliphatic heterocycles. The van der Waals surface area contributed by atoms with E-state index in [9.17, 15) is 14.4 Å². The van der Waals surface area contributed by atoms with Crippen LogP contribution in [0.4, 0.5) is 5.69 Å². The van der Waals surface area contributed by atoms with E-state index in [0.29, 0.717) is 16.9 Å². The van der Waals surface area contributed by atoms with E-state index < -0.39 is 17.2 Å². The van der Waals surface area contributed by atoms with Crippen molar-refractivity contribution in [2.24, 2.45) is 14.1 Å². The van der Waals surface area contributed by atoms with Gasteiger partial charge in [-0.2, -0.15) is 0 Å². The van der Waals surface area contributed by atoms with Gasteiger partial charge in [-0.25, -0.2) is 14.8 Å². The van der Waals surface area contributed by atoms with Gasteiger partial charge < -0.3 is 5.32 Å². The number of anilines is 1. The Bertz CT molecular complexity index is 1490. The number of aryl methyl sites for hydroxylation is 1. The Labute approximate surface area is 176 Å². The van der Waals surface area contributed by atoms with Gasteiger partial charge in [-0.1, -0.05) is 18.1 Å². The number of fused-ring (bicyclic) bond motifs is 1. The van der Waals surface area contributed by atoms with Gasteiger partial charge in [0, 0.05) is 37.7 Å². The minimum Gasteiger partial charge on any atom is -0.322 e. The minimum atomic E-state index is -0.507. The van der Waals surface area contributed by atoms with Crippen LogP contribution in [0.15, 0.2) is 70.5 Å². The van der Waals surface area contributed by atoms with Crippen molar-refractivity contribution in [3.63, 3.8) is 0 Å². The molecule has 4 aromatic rings. The van der Waals surface area contributed by atoms with E-state index in [1.54, 1.807) is 24.4 Å². The van der Waals surface area contributed by atoms with Gasteiger partial charge in [0.05, 0.1) is 10.9 Å². The summed E-state index contributed by atoms with van der Waals surface area (Å²) in [5.74, 6) is 5.55. The molecule has 8 nitrogen and oxygen atoms in total. The molecule has 0 unspecified atom stereocenters. The van der Waals surface area contributed by atoms with Crippen LogP contribution < -0.4 is 16.6 Å². The van der Waals surface area contributed by atoms with Crippen molar-refractivity contribution in [3.05, 3.63) is 98.6 Å². The summed E-state index contributed by atoms with van der Waals surface area (Å²) in [5, 5.41) is 2.97. The lowest BCUT2D eigenvalue weighted by Gasteiger charge is -2.09. The molecule has 0 radical (unpaired) electrons. The number of nitrogens with one attached hydrogen (secondary N) is 1. The number of nitrogens with zero attached hydrogens (tertiary/aromatic N) is 4. The quantitative estimate of drug-likeness (QED) is 0.506. The maximum Gasteiger partial charge on any atom is 0.332 e. The molecular formula is C23H17N5O3.